The van der Waals surface area contributed by atoms with Crippen LogP contribution in [0.15, 0.2) is 40.1 Å². The van der Waals surface area contributed by atoms with Crippen molar-refractivity contribution in [2.75, 3.05) is 6.61 Å². The van der Waals surface area contributed by atoms with Crippen LogP contribution in [0.5, 0.6) is 0 Å². The first-order chi connectivity index (χ1) is 13.3. The molecule has 150 valence electrons. The second-order valence-corrected chi connectivity index (χ2v) is 7.88. The zero-order chi connectivity index (χ0) is 19.9. The van der Waals surface area contributed by atoms with Crippen molar-refractivity contribution in [2.45, 2.75) is 31.5 Å². The van der Waals surface area contributed by atoms with Gasteiger partial charge in [-0.15, -0.1) is 0 Å². The molecule has 4 rings (SSSR count). The largest absolute Gasteiger partial charge is 0.475 e. The molecule has 2 aliphatic heterocycles. The molecule has 12 heteroatoms. The molecular formula is C16H15F2N2O7P. The number of H-pyrrole nitrogens is 1. The Morgan fingerprint density at radius 3 is 2.79 bits per heavy atom. The number of phosphoric acid groups is 1. The van der Waals surface area contributed by atoms with Gasteiger partial charge in [-0.3, -0.25) is 27.9 Å². The lowest BCUT2D eigenvalue weighted by Gasteiger charge is -2.29. The van der Waals surface area contributed by atoms with Crippen LogP contribution in [0.25, 0.3) is 0 Å². The number of aromatic amines is 1. The summed E-state index contributed by atoms with van der Waals surface area (Å²) < 4.78 is 62.0. The summed E-state index contributed by atoms with van der Waals surface area (Å²) in [4.78, 5) is 24.9. The Balaban J connectivity index is 1.45. The van der Waals surface area contributed by atoms with E-state index >= 15 is 0 Å². The number of phosphoric ester groups is 1. The van der Waals surface area contributed by atoms with E-state index in [1.165, 1.54) is 18.2 Å². The zero-order valence-corrected chi connectivity index (χ0v) is 15.1. The minimum absolute atomic E-state index is 0.0481. The highest BCUT2D eigenvalue weighted by Gasteiger charge is 2.48. The van der Waals surface area contributed by atoms with Gasteiger partial charge in [0.05, 0.1) is 19.4 Å². The summed E-state index contributed by atoms with van der Waals surface area (Å²) >= 11 is 0. The molecule has 0 bridgehead atoms. The minimum atomic E-state index is -3.98. The molecule has 28 heavy (non-hydrogen) atoms. The fraction of sp³-hybridized carbons (Fsp3) is 0.375. The van der Waals surface area contributed by atoms with Crippen LogP contribution < -0.4 is 11.2 Å². The molecule has 1 N–H and O–H groups in total. The average Bonchev–Trinajstić information content (AvgIpc) is 3.06. The molecular weight excluding hydrogens is 401 g/mol. The van der Waals surface area contributed by atoms with Crippen molar-refractivity contribution in [3.05, 3.63) is 68.5 Å². The molecule has 0 spiro atoms. The van der Waals surface area contributed by atoms with Crippen LogP contribution in [0.4, 0.5) is 8.78 Å². The molecule has 1 unspecified atom stereocenters. The maximum absolute atomic E-state index is 13.7. The van der Waals surface area contributed by atoms with Gasteiger partial charge in [0, 0.05) is 12.0 Å². The molecule has 0 aliphatic carbocycles. The van der Waals surface area contributed by atoms with Gasteiger partial charge in [-0.25, -0.2) is 13.8 Å². The molecule has 0 saturated carbocycles. The summed E-state index contributed by atoms with van der Waals surface area (Å²) in [6.07, 6.45) is -1.60. The van der Waals surface area contributed by atoms with Crippen molar-refractivity contribution < 1.29 is 31.7 Å². The maximum atomic E-state index is 13.7. The van der Waals surface area contributed by atoms with Gasteiger partial charge in [0.2, 0.25) is 5.82 Å². The van der Waals surface area contributed by atoms with E-state index < -0.39 is 49.1 Å². The molecule has 0 radical (unpaired) electrons. The van der Waals surface area contributed by atoms with E-state index in [1.54, 1.807) is 6.07 Å². The Bertz CT molecular complexity index is 1060. The summed E-state index contributed by atoms with van der Waals surface area (Å²) in [5.41, 5.74) is -1.81. The summed E-state index contributed by atoms with van der Waals surface area (Å²) in [7, 11) is -3.98. The van der Waals surface area contributed by atoms with Gasteiger partial charge in [-0.2, -0.15) is 4.39 Å². The highest BCUT2D eigenvalue weighted by Crippen LogP contribution is 2.57. The molecule has 1 aromatic heterocycles. The molecule has 2 saturated heterocycles. The Morgan fingerprint density at radius 2 is 2.00 bits per heavy atom. The summed E-state index contributed by atoms with van der Waals surface area (Å²) in [5, 5.41) is 0. The van der Waals surface area contributed by atoms with Crippen LogP contribution in [0.1, 0.15) is 18.2 Å². The number of rotatable bonds is 4. The SMILES string of the molecule is O=c1[nH]c(=O)n([C@H]2C[C@@H]3OP(=O)(OCc4ccccc4F)OC[C@H]3O2)cc1F. The van der Waals surface area contributed by atoms with Crippen molar-refractivity contribution in [3.63, 3.8) is 0 Å². The lowest BCUT2D eigenvalue weighted by atomic mass is 10.2. The third-order valence-electron chi connectivity index (χ3n) is 4.41. The van der Waals surface area contributed by atoms with Crippen LogP contribution in [0.3, 0.4) is 0 Å². The molecule has 1 aromatic carbocycles. The number of ether oxygens (including phenoxy) is 1. The highest BCUT2D eigenvalue weighted by molar-refractivity contribution is 7.48. The van der Waals surface area contributed by atoms with Crippen LogP contribution in [-0.2, 0) is 29.5 Å². The second kappa shape index (κ2) is 7.34. The van der Waals surface area contributed by atoms with Gasteiger partial charge < -0.3 is 4.74 Å². The molecule has 0 amide bonds. The van der Waals surface area contributed by atoms with Crippen molar-refractivity contribution >= 4 is 7.82 Å². The minimum Gasteiger partial charge on any atom is -0.349 e. The average molecular weight is 416 g/mol. The molecule has 9 nitrogen and oxygen atoms in total. The summed E-state index contributed by atoms with van der Waals surface area (Å²) in [6, 6.07) is 5.83. The third-order valence-corrected chi connectivity index (χ3v) is 5.85. The van der Waals surface area contributed by atoms with E-state index in [9.17, 15) is 22.9 Å². The number of hydrogen-bond acceptors (Lipinski definition) is 7. The molecule has 2 fully saturated rings. The van der Waals surface area contributed by atoms with Crippen LogP contribution in [-0.4, -0.2) is 28.4 Å². The third kappa shape index (κ3) is 3.71. The van der Waals surface area contributed by atoms with Gasteiger partial charge in [-0.05, 0) is 6.07 Å². The lowest BCUT2D eigenvalue weighted by Crippen LogP contribution is -2.34. The smallest absolute Gasteiger partial charge is 0.349 e. The lowest BCUT2D eigenvalue weighted by molar-refractivity contribution is -0.0732. The number of nitrogens with one attached hydrogen (secondary N) is 1. The van der Waals surface area contributed by atoms with Crippen LogP contribution in [0.2, 0.25) is 0 Å². The van der Waals surface area contributed by atoms with Gasteiger partial charge in [0.25, 0.3) is 5.56 Å². The Kier molecular flexibility index (Phi) is 5.02. The van der Waals surface area contributed by atoms with Gasteiger partial charge in [0.1, 0.15) is 24.3 Å². The quantitative estimate of drug-likeness (QED) is 0.758. The Hall–Kier alpha value is -2.17. The number of nitrogens with zero attached hydrogens (tertiary/aromatic N) is 1. The molecule has 2 aromatic rings. The fourth-order valence-electron chi connectivity index (χ4n) is 3.00. The first-order valence-electron chi connectivity index (χ1n) is 8.32. The van der Waals surface area contributed by atoms with Crippen LogP contribution >= 0.6 is 7.82 Å². The maximum Gasteiger partial charge on any atom is 0.475 e. The monoisotopic (exact) mass is 416 g/mol. The predicted octanol–water partition coefficient (Wildman–Crippen LogP) is 1.84. The topological polar surface area (TPSA) is 109 Å². The van der Waals surface area contributed by atoms with Gasteiger partial charge >= 0.3 is 13.5 Å². The van der Waals surface area contributed by atoms with Gasteiger partial charge in [0.15, 0.2) is 0 Å². The predicted molar refractivity (Wildman–Crippen MR) is 89.4 cm³/mol. The van der Waals surface area contributed by atoms with E-state index in [4.69, 9.17) is 18.3 Å². The molecule has 4 atom stereocenters. The first kappa shape index (κ1) is 19.2. The van der Waals surface area contributed by atoms with E-state index in [0.29, 0.717) is 0 Å². The normalized spacial score (nSPS) is 29.6. The molecule has 2 aliphatic rings. The zero-order valence-electron chi connectivity index (χ0n) is 14.2. The number of halogens is 2. The van der Waals surface area contributed by atoms with Gasteiger partial charge in [-0.1, -0.05) is 18.2 Å². The van der Waals surface area contributed by atoms with Crippen molar-refractivity contribution in [2.24, 2.45) is 0 Å². The van der Waals surface area contributed by atoms with E-state index in [1.807, 2.05) is 4.98 Å². The Morgan fingerprint density at radius 1 is 1.21 bits per heavy atom. The number of hydrogen-bond donors (Lipinski definition) is 1. The van der Waals surface area contributed by atoms with Crippen molar-refractivity contribution in [1.82, 2.24) is 9.55 Å². The summed E-state index contributed by atoms with van der Waals surface area (Å²) in [6.45, 7) is -0.480. The highest BCUT2D eigenvalue weighted by atomic mass is 31.2. The first-order valence-corrected chi connectivity index (χ1v) is 9.78. The Labute approximate surface area is 156 Å². The fourth-order valence-corrected chi connectivity index (χ4v) is 4.38. The number of fused-ring (bicyclic) bond motifs is 1. The number of aromatic nitrogens is 2. The van der Waals surface area contributed by atoms with Crippen LogP contribution in [0, 0.1) is 11.6 Å². The number of benzene rings is 1. The molecule has 3 heterocycles. The second-order valence-electron chi connectivity index (χ2n) is 6.26. The summed E-state index contributed by atoms with van der Waals surface area (Å²) in [5.74, 6) is -1.66. The standard InChI is InChI=1S/C16H15F2N2O7P/c17-10-4-2-1-3-9(10)7-24-28(23)25-8-13-12(27-28)5-14(26-13)20-6-11(18)15(21)19-16(20)22/h1-4,6,12-14H,5,7-8H2,(H,19,21,22)/t12-,13+,14+,28?/m0/s1. The van der Waals surface area contributed by atoms with Crippen molar-refractivity contribution in [3.8, 4) is 0 Å². The van der Waals surface area contributed by atoms with Crippen molar-refractivity contribution in [1.29, 1.82) is 0 Å². The van der Waals surface area contributed by atoms with E-state index in [-0.39, 0.29) is 25.2 Å². The van der Waals surface area contributed by atoms with E-state index in [2.05, 4.69) is 0 Å². The van der Waals surface area contributed by atoms with E-state index in [0.717, 1.165) is 10.8 Å².